The Bertz CT molecular complexity index is 891. The van der Waals surface area contributed by atoms with Gasteiger partial charge in [-0.05, 0) is 42.0 Å². The van der Waals surface area contributed by atoms with Crippen LogP contribution in [-0.4, -0.2) is 31.2 Å². The summed E-state index contributed by atoms with van der Waals surface area (Å²) >= 11 is 1.29. The molecule has 3 rings (SSSR count). The van der Waals surface area contributed by atoms with E-state index in [1.165, 1.54) is 23.9 Å². The van der Waals surface area contributed by atoms with Gasteiger partial charge in [0, 0.05) is 4.90 Å². The van der Waals surface area contributed by atoms with Gasteiger partial charge >= 0.3 is 5.97 Å². The highest BCUT2D eigenvalue weighted by atomic mass is 32.2. The lowest BCUT2D eigenvalue weighted by Gasteiger charge is -2.19. The summed E-state index contributed by atoms with van der Waals surface area (Å²) in [7, 11) is 3.11. The maximum atomic E-state index is 12.3. The fraction of sp³-hybridized carbons (Fsp3) is 0.111. The van der Waals surface area contributed by atoms with Crippen molar-refractivity contribution in [2.75, 3.05) is 19.5 Å². The summed E-state index contributed by atoms with van der Waals surface area (Å²) in [5.74, 6) is -0.134. The number of carboxylic acids is 1. The van der Waals surface area contributed by atoms with E-state index in [-0.39, 0.29) is 11.5 Å². The Kier molecular flexibility index (Phi) is 4.67. The third-order valence-corrected chi connectivity index (χ3v) is 4.72. The van der Waals surface area contributed by atoms with Crippen molar-refractivity contribution in [3.05, 3.63) is 52.4 Å². The van der Waals surface area contributed by atoms with E-state index in [0.717, 1.165) is 10.5 Å². The zero-order valence-corrected chi connectivity index (χ0v) is 14.3. The molecule has 2 N–H and O–H groups in total. The number of amides is 1. The number of thioether (sulfide) groups is 1. The highest BCUT2D eigenvalue weighted by Gasteiger charge is 2.22. The van der Waals surface area contributed by atoms with Gasteiger partial charge in [-0.25, -0.2) is 4.79 Å². The molecule has 0 fully saturated rings. The van der Waals surface area contributed by atoms with Crippen molar-refractivity contribution in [3.63, 3.8) is 0 Å². The predicted octanol–water partition coefficient (Wildman–Crippen LogP) is 3.49. The highest BCUT2D eigenvalue weighted by molar-refractivity contribution is 8.04. The van der Waals surface area contributed by atoms with Crippen LogP contribution in [0.15, 0.2) is 46.2 Å². The Morgan fingerprint density at radius 1 is 1.12 bits per heavy atom. The number of carboxylic acid groups (broad SMARTS) is 1. The Balaban J connectivity index is 1.93. The molecule has 0 saturated heterocycles. The first-order valence-corrected chi connectivity index (χ1v) is 8.13. The first-order chi connectivity index (χ1) is 12.0. The van der Waals surface area contributed by atoms with Crippen LogP contribution in [0.5, 0.6) is 11.5 Å². The molecule has 0 saturated carbocycles. The third kappa shape index (κ3) is 3.46. The molecule has 2 aromatic rings. The van der Waals surface area contributed by atoms with Gasteiger partial charge in [-0.2, -0.15) is 0 Å². The summed E-state index contributed by atoms with van der Waals surface area (Å²) in [5, 5.41) is 11.8. The second-order valence-electron chi connectivity index (χ2n) is 5.20. The molecule has 1 aliphatic heterocycles. The average Bonchev–Trinajstić information content (AvgIpc) is 2.61. The number of methoxy groups -OCH3 is 2. The van der Waals surface area contributed by atoms with Crippen LogP contribution in [-0.2, 0) is 4.79 Å². The van der Waals surface area contributed by atoms with Crippen LogP contribution in [0, 0.1) is 0 Å². The quantitative estimate of drug-likeness (QED) is 0.815. The van der Waals surface area contributed by atoms with Crippen molar-refractivity contribution >= 4 is 35.4 Å². The molecule has 7 heteroatoms. The van der Waals surface area contributed by atoms with Crippen molar-refractivity contribution in [2.45, 2.75) is 4.90 Å². The van der Waals surface area contributed by atoms with Gasteiger partial charge in [0.15, 0.2) is 11.5 Å². The Morgan fingerprint density at radius 3 is 2.56 bits per heavy atom. The van der Waals surface area contributed by atoms with Crippen molar-refractivity contribution < 1.29 is 24.2 Å². The average molecular weight is 357 g/mol. The van der Waals surface area contributed by atoms with E-state index in [4.69, 9.17) is 14.6 Å². The molecular formula is C18H15NO5S. The molecule has 25 heavy (non-hydrogen) atoms. The van der Waals surface area contributed by atoms with Crippen LogP contribution in [0.3, 0.4) is 0 Å². The summed E-state index contributed by atoms with van der Waals surface area (Å²) in [4.78, 5) is 24.6. The molecule has 0 unspecified atom stereocenters. The number of aromatic carboxylic acids is 1. The predicted molar refractivity (Wildman–Crippen MR) is 95.4 cm³/mol. The molecule has 0 aromatic heterocycles. The molecule has 2 aromatic carbocycles. The van der Waals surface area contributed by atoms with Crippen molar-refractivity contribution in [1.82, 2.24) is 0 Å². The summed E-state index contributed by atoms with van der Waals surface area (Å²) in [6.45, 7) is 0. The molecule has 0 radical (unpaired) electrons. The second-order valence-corrected chi connectivity index (χ2v) is 6.28. The smallest absolute Gasteiger partial charge is 0.335 e. The van der Waals surface area contributed by atoms with E-state index in [9.17, 15) is 9.59 Å². The maximum absolute atomic E-state index is 12.3. The SMILES string of the molecule is COc1ccc(C=C2Sc3ccc(C(=O)O)cc3NC2=O)cc1OC. The van der Waals surface area contributed by atoms with Crippen molar-refractivity contribution in [2.24, 2.45) is 0 Å². The van der Waals surface area contributed by atoms with Crippen molar-refractivity contribution in [1.29, 1.82) is 0 Å². The van der Waals surface area contributed by atoms with Gasteiger partial charge in [0.25, 0.3) is 5.91 Å². The molecule has 1 amide bonds. The maximum Gasteiger partial charge on any atom is 0.335 e. The lowest BCUT2D eigenvalue weighted by Crippen LogP contribution is -2.17. The molecule has 0 bridgehead atoms. The zero-order chi connectivity index (χ0) is 18.0. The number of nitrogens with one attached hydrogen (secondary N) is 1. The van der Waals surface area contributed by atoms with Gasteiger partial charge in [0.2, 0.25) is 0 Å². The van der Waals surface area contributed by atoms with Gasteiger partial charge in [0.1, 0.15) is 0 Å². The first kappa shape index (κ1) is 16.9. The third-order valence-electron chi connectivity index (χ3n) is 3.62. The standard InChI is InChI=1S/C18H15NO5S/c1-23-13-5-3-10(7-14(13)24-2)8-16-17(20)19-12-9-11(18(21)22)4-6-15(12)25-16/h3-9H,1-2H3,(H,19,20)(H,21,22). The molecule has 0 atom stereocenters. The minimum atomic E-state index is -1.03. The summed E-state index contributed by atoms with van der Waals surface area (Å²) in [6, 6.07) is 10.0. The molecule has 128 valence electrons. The molecule has 0 spiro atoms. The molecule has 0 aliphatic carbocycles. The fourth-order valence-electron chi connectivity index (χ4n) is 2.39. The first-order valence-electron chi connectivity index (χ1n) is 7.32. The lowest BCUT2D eigenvalue weighted by molar-refractivity contribution is -0.112. The number of hydrogen-bond donors (Lipinski definition) is 2. The van der Waals surface area contributed by atoms with E-state index in [1.54, 1.807) is 38.5 Å². The minimum absolute atomic E-state index is 0.131. The number of carbonyl (C=O) groups is 2. The monoisotopic (exact) mass is 357 g/mol. The van der Waals surface area contributed by atoms with E-state index < -0.39 is 5.97 Å². The Hall–Kier alpha value is -2.93. The largest absolute Gasteiger partial charge is 0.493 e. The van der Waals surface area contributed by atoms with E-state index in [1.807, 2.05) is 6.07 Å². The van der Waals surface area contributed by atoms with Gasteiger partial charge in [-0.1, -0.05) is 17.8 Å². The number of ether oxygens (including phenoxy) is 2. The van der Waals surface area contributed by atoms with E-state index in [0.29, 0.717) is 22.1 Å². The van der Waals surface area contributed by atoms with Gasteiger partial charge < -0.3 is 19.9 Å². The van der Waals surface area contributed by atoms with E-state index in [2.05, 4.69) is 5.32 Å². The van der Waals surface area contributed by atoms with Crippen LogP contribution in [0.25, 0.3) is 6.08 Å². The fourth-order valence-corrected chi connectivity index (χ4v) is 3.32. The van der Waals surface area contributed by atoms with Gasteiger partial charge in [-0.3, -0.25) is 4.79 Å². The van der Waals surface area contributed by atoms with Gasteiger partial charge in [0.05, 0.1) is 30.4 Å². The summed E-state index contributed by atoms with van der Waals surface area (Å²) in [5.41, 5.74) is 1.42. The number of hydrogen-bond acceptors (Lipinski definition) is 5. The van der Waals surface area contributed by atoms with Crippen molar-refractivity contribution in [3.8, 4) is 11.5 Å². The minimum Gasteiger partial charge on any atom is -0.493 e. The van der Waals surface area contributed by atoms with Crippen LogP contribution in [0.2, 0.25) is 0 Å². The topological polar surface area (TPSA) is 84.9 Å². The van der Waals surface area contributed by atoms with Gasteiger partial charge in [-0.15, -0.1) is 0 Å². The van der Waals surface area contributed by atoms with E-state index >= 15 is 0 Å². The summed E-state index contributed by atoms with van der Waals surface area (Å²) in [6.07, 6.45) is 1.75. The Labute approximate surface area is 148 Å². The molecule has 1 heterocycles. The number of carbonyl (C=O) groups excluding carboxylic acids is 1. The second kappa shape index (κ2) is 6.90. The van der Waals surface area contributed by atoms with Crippen LogP contribution in [0.1, 0.15) is 15.9 Å². The lowest BCUT2D eigenvalue weighted by atomic mass is 10.1. The number of anilines is 1. The summed E-state index contributed by atoms with van der Waals surface area (Å²) < 4.78 is 10.5. The number of benzene rings is 2. The Morgan fingerprint density at radius 2 is 1.88 bits per heavy atom. The zero-order valence-electron chi connectivity index (χ0n) is 13.5. The molecular weight excluding hydrogens is 342 g/mol. The van der Waals surface area contributed by atoms with Crippen LogP contribution in [0.4, 0.5) is 5.69 Å². The molecule has 6 nitrogen and oxygen atoms in total. The number of rotatable bonds is 4. The molecule has 1 aliphatic rings. The number of fused-ring (bicyclic) bond motifs is 1. The highest BCUT2D eigenvalue weighted by Crippen LogP contribution is 2.40. The van der Waals surface area contributed by atoms with Crippen LogP contribution >= 0.6 is 11.8 Å². The normalized spacial score (nSPS) is 14.6. The van der Waals surface area contributed by atoms with Crippen LogP contribution < -0.4 is 14.8 Å².